The second-order valence-corrected chi connectivity index (χ2v) is 7.53. The molecule has 0 amide bonds. The Morgan fingerprint density at radius 2 is 0.750 bits per heavy atom. The molecule has 0 saturated carbocycles. The molecular weight excluding hydrogens is 536 g/mol. The van der Waals surface area contributed by atoms with Crippen LogP contribution in [0.3, 0.4) is 0 Å². The molecule has 0 bridgehead atoms. The zero-order valence-electron chi connectivity index (χ0n) is 21.3. The van der Waals surface area contributed by atoms with E-state index < -0.39 is 35.8 Å². The van der Waals surface area contributed by atoms with E-state index in [9.17, 15) is 28.8 Å². The second-order valence-electron chi connectivity index (χ2n) is 7.53. The molecular formula is C26H32O14. The zero-order valence-corrected chi connectivity index (χ0v) is 21.3. The SMILES string of the molecule is O=C(O)CCCCC(=O)O.O=C(O)c1ccc(C(=O)O)cc1.O=C(O)c1cccc(C(=O)O)c1.OCCCCO. The number of carbonyl (C=O) groups is 6. The fourth-order valence-electron chi connectivity index (χ4n) is 2.32. The quantitative estimate of drug-likeness (QED) is 0.171. The summed E-state index contributed by atoms with van der Waals surface area (Å²) in [5, 5.41) is 66.4. The Morgan fingerprint density at radius 1 is 0.450 bits per heavy atom. The molecule has 0 aliphatic rings. The van der Waals surface area contributed by atoms with Gasteiger partial charge in [0.25, 0.3) is 0 Å². The van der Waals surface area contributed by atoms with Gasteiger partial charge in [-0.2, -0.15) is 0 Å². The number of aliphatic hydroxyl groups is 2. The Morgan fingerprint density at radius 3 is 0.975 bits per heavy atom. The molecule has 8 N–H and O–H groups in total. The number of carboxylic acid groups (broad SMARTS) is 6. The molecule has 2 aromatic rings. The summed E-state index contributed by atoms with van der Waals surface area (Å²) in [6, 6.07) is 10.2. The summed E-state index contributed by atoms with van der Waals surface area (Å²) in [7, 11) is 0. The van der Waals surface area contributed by atoms with E-state index in [4.69, 9.17) is 40.9 Å². The molecule has 0 atom stereocenters. The minimum Gasteiger partial charge on any atom is -0.481 e. The van der Waals surface area contributed by atoms with Gasteiger partial charge in [-0.15, -0.1) is 0 Å². The highest BCUT2D eigenvalue weighted by Gasteiger charge is 2.07. The predicted molar refractivity (Wildman–Crippen MR) is 138 cm³/mol. The summed E-state index contributed by atoms with van der Waals surface area (Å²) in [5.74, 6) is -6.12. The van der Waals surface area contributed by atoms with E-state index in [0.717, 1.165) is 18.9 Å². The lowest BCUT2D eigenvalue weighted by Crippen LogP contribution is -2.01. The molecule has 14 heteroatoms. The van der Waals surface area contributed by atoms with Crippen LogP contribution in [0.4, 0.5) is 0 Å². The van der Waals surface area contributed by atoms with E-state index in [1.54, 1.807) is 0 Å². The minimum absolute atomic E-state index is 0.0186. The van der Waals surface area contributed by atoms with Crippen LogP contribution in [0, 0.1) is 0 Å². The van der Waals surface area contributed by atoms with Crippen LogP contribution in [0.15, 0.2) is 48.5 Å². The van der Waals surface area contributed by atoms with Gasteiger partial charge in [-0.25, -0.2) is 19.2 Å². The van der Waals surface area contributed by atoms with Crippen LogP contribution < -0.4 is 0 Å². The largest absolute Gasteiger partial charge is 0.481 e. The first-order valence-electron chi connectivity index (χ1n) is 11.5. The molecule has 0 saturated heterocycles. The van der Waals surface area contributed by atoms with E-state index in [1.807, 2.05) is 0 Å². The van der Waals surface area contributed by atoms with Gasteiger partial charge in [-0.05, 0) is 68.1 Å². The number of aromatic carboxylic acids is 4. The second kappa shape index (κ2) is 22.2. The molecule has 2 aromatic carbocycles. The van der Waals surface area contributed by atoms with E-state index >= 15 is 0 Å². The fourth-order valence-corrected chi connectivity index (χ4v) is 2.32. The van der Waals surface area contributed by atoms with Crippen molar-refractivity contribution < 1.29 is 69.6 Å². The topological polar surface area (TPSA) is 264 Å². The monoisotopic (exact) mass is 568 g/mol. The molecule has 40 heavy (non-hydrogen) atoms. The molecule has 0 aliphatic heterocycles. The third-order valence-electron chi connectivity index (χ3n) is 4.33. The van der Waals surface area contributed by atoms with Gasteiger partial charge in [0, 0.05) is 26.1 Å². The zero-order chi connectivity index (χ0) is 31.1. The summed E-state index contributed by atoms with van der Waals surface area (Å²) in [6.07, 6.45) is 2.46. The number of carboxylic acids is 6. The number of benzene rings is 2. The molecule has 2 rings (SSSR count). The van der Waals surface area contributed by atoms with Gasteiger partial charge in [-0.3, -0.25) is 9.59 Å². The number of hydrogen-bond donors (Lipinski definition) is 8. The average molecular weight is 569 g/mol. The Kier molecular flexibility index (Phi) is 20.7. The normalized spacial score (nSPS) is 9.25. The summed E-state index contributed by atoms with van der Waals surface area (Å²) >= 11 is 0. The van der Waals surface area contributed by atoms with Crippen LogP contribution in [0.1, 0.15) is 80.0 Å². The fraction of sp³-hybridized carbons (Fsp3) is 0.308. The first-order valence-corrected chi connectivity index (χ1v) is 11.5. The van der Waals surface area contributed by atoms with Gasteiger partial charge in [-0.1, -0.05) is 6.07 Å². The van der Waals surface area contributed by atoms with Crippen molar-refractivity contribution in [1.82, 2.24) is 0 Å². The number of hydrogen-bond acceptors (Lipinski definition) is 8. The predicted octanol–water partition coefficient (Wildman–Crippen LogP) is 2.63. The maximum absolute atomic E-state index is 10.4. The maximum Gasteiger partial charge on any atom is 0.335 e. The minimum atomic E-state index is -1.13. The first-order chi connectivity index (χ1) is 18.8. The van der Waals surface area contributed by atoms with Crippen molar-refractivity contribution in [3.05, 3.63) is 70.8 Å². The lowest BCUT2D eigenvalue weighted by Gasteiger charge is -1.95. The summed E-state index contributed by atoms with van der Waals surface area (Å²) in [4.78, 5) is 61.2. The summed E-state index contributed by atoms with van der Waals surface area (Å²) in [5.41, 5.74) is 0.129. The van der Waals surface area contributed by atoms with Gasteiger partial charge >= 0.3 is 35.8 Å². The van der Waals surface area contributed by atoms with Gasteiger partial charge < -0.3 is 40.9 Å². The Balaban J connectivity index is 0. The highest BCUT2D eigenvalue weighted by atomic mass is 16.4. The van der Waals surface area contributed by atoms with Crippen molar-refractivity contribution >= 4 is 35.8 Å². The molecule has 0 unspecified atom stereocenters. The molecule has 0 spiro atoms. The molecule has 0 radical (unpaired) electrons. The van der Waals surface area contributed by atoms with Crippen LogP contribution in [0.25, 0.3) is 0 Å². The lowest BCUT2D eigenvalue weighted by atomic mass is 10.1. The van der Waals surface area contributed by atoms with Crippen LogP contribution in [0.2, 0.25) is 0 Å². The van der Waals surface area contributed by atoms with Crippen molar-refractivity contribution in [2.45, 2.75) is 38.5 Å². The summed E-state index contributed by atoms with van der Waals surface area (Å²) in [6.45, 7) is 0.390. The molecule has 0 heterocycles. The van der Waals surface area contributed by atoms with Gasteiger partial charge in [0.2, 0.25) is 0 Å². The third kappa shape index (κ3) is 20.3. The standard InChI is InChI=1S/2C8H6O4.C6H10O4.C4H10O2/c9-7(10)5-1-2-6(4-3-5)8(11)12;9-7(10)5-2-1-3-6(4-5)8(11)12;7-5(8)3-1-2-4-6(9)10;5-3-1-2-4-6/h2*1-4H,(H,9,10)(H,11,12);1-4H2,(H,7,8)(H,9,10);5-6H,1-4H2. The van der Waals surface area contributed by atoms with Gasteiger partial charge in [0.15, 0.2) is 0 Å². The van der Waals surface area contributed by atoms with E-state index in [1.165, 1.54) is 42.5 Å². The Labute approximate surface area is 228 Å². The first kappa shape index (κ1) is 37.3. The van der Waals surface area contributed by atoms with E-state index in [2.05, 4.69) is 0 Å². The van der Waals surface area contributed by atoms with Crippen molar-refractivity contribution in [2.24, 2.45) is 0 Å². The Hall–Kier alpha value is -4.82. The van der Waals surface area contributed by atoms with Crippen molar-refractivity contribution in [3.63, 3.8) is 0 Å². The molecule has 0 fully saturated rings. The van der Waals surface area contributed by atoms with Crippen LogP contribution >= 0.6 is 0 Å². The van der Waals surface area contributed by atoms with Crippen molar-refractivity contribution in [1.29, 1.82) is 0 Å². The highest BCUT2D eigenvalue weighted by molar-refractivity contribution is 5.93. The van der Waals surface area contributed by atoms with Crippen molar-refractivity contribution in [3.8, 4) is 0 Å². The number of rotatable bonds is 12. The number of unbranched alkanes of at least 4 members (excludes halogenated alkanes) is 2. The number of aliphatic hydroxyl groups excluding tert-OH is 2. The molecule has 0 aromatic heterocycles. The van der Waals surface area contributed by atoms with E-state index in [0.29, 0.717) is 12.8 Å². The lowest BCUT2D eigenvalue weighted by molar-refractivity contribution is -0.139. The number of aliphatic carboxylic acids is 2. The van der Waals surface area contributed by atoms with Crippen molar-refractivity contribution in [2.75, 3.05) is 13.2 Å². The van der Waals surface area contributed by atoms with E-state index in [-0.39, 0.29) is 48.3 Å². The average Bonchev–Trinajstić information content (AvgIpc) is 2.91. The maximum atomic E-state index is 10.4. The molecule has 220 valence electrons. The highest BCUT2D eigenvalue weighted by Crippen LogP contribution is 2.05. The van der Waals surface area contributed by atoms with Crippen LogP contribution in [0.5, 0.6) is 0 Å². The van der Waals surface area contributed by atoms with Crippen LogP contribution in [-0.4, -0.2) is 89.9 Å². The third-order valence-corrected chi connectivity index (χ3v) is 4.33. The van der Waals surface area contributed by atoms with Gasteiger partial charge in [0.05, 0.1) is 22.3 Å². The van der Waals surface area contributed by atoms with Crippen LogP contribution in [-0.2, 0) is 9.59 Å². The summed E-state index contributed by atoms with van der Waals surface area (Å²) < 4.78 is 0. The van der Waals surface area contributed by atoms with Gasteiger partial charge in [0.1, 0.15) is 0 Å². The smallest absolute Gasteiger partial charge is 0.335 e. The molecule has 0 aliphatic carbocycles. The Bertz CT molecular complexity index is 1010. The molecule has 14 nitrogen and oxygen atoms in total.